The van der Waals surface area contributed by atoms with Crippen LogP contribution < -0.4 is 5.73 Å². The fourth-order valence-corrected chi connectivity index (χ4v) is 0.709. The van der Waals surface area contributed by atoms with E-state index in [-0.39, 0.29) is 11.1 Å². The summed E-state index contributed by atoms with van der Waals surface area (Å²) in [6.45, 7) is 3.80. The Balaban J connectivity index is 3.64. The number of amidine groups is 1. The van der Waals surface area contributed by atoms with Crippen LogP contribution in [0.1, 0.15) is 13.8 Å². The largest absolute Gasteiger partial charge is 0.378 e. The van der Waals surface area contributed by atoms with Crippen LogP contribution in [-0.4, -0.2) is 10.2 Å². The first-order valence-corrected chi connectivity index (χ1v) is 3.46. The number of nitrogens with two attached hydrogens (primary N) is 1. The number of thioether (sulfide) groups is 1. The molecule has 3 nitrogen and oxygen atoms in total. The minimum Gasteiger partial charge on any atom is -0.378 e. The summed E-state index contributed by atoms with van der Waals surface area (Å²) in [5.41, 5.74) is 5.04. The highest BCUT2D eigenvalue weighted by Crippen LogP contribution is 2.08. The molecular formula is C5H11N3S. The van der Waals surface area contributed by atoms with Gasteiger partial charge in [-0.05, 0) is 11.8 Å². The Hall–Kier alpha value is -0.510. The Morgan fingerprint density at radius 3 is 2.00 bits per heavy atom. The first-order chi connectivity index (χ1) is 4.04. The zero-order valence-corrected chi connectivity index (χ0v) is 6.38. The molecule has 0 aromatic rings. The number of rotatable bonds is 1. The third kappa shape index (κ3) is 4.02. The van der Waals surface area contributed by atoms with E-state index in [4.69, 9.17) is 16.6 Å². The predicted octanol–water partition coefficient (Wildman–Crippen LogP) is 1.25. The van der Waals surface area contributed by atoms with Gasteiger partial charge in [0.1, 0.15) is 0 Å². The molecule has 0 saturated carbocycles. The summed E-state index contributed by atoms with van der Waals surface area (Å²) in [7, 11) is 0. The van der Waals surface area contributed by atoms with E-state index in [1.807, 2.05) is 13.8 Å². The van der Waals surface area contributed by atoms with E-state index in [1.165, 1.54) is 0 Å². The van der Waals surface area contributed by atoms with Crippen LogP contribution in [-0.2, 0) is 0 Å². The maximum Gasteiger partial charge on any atom is 0.157 e. The topological polar surface area (TPSA) is 73.7 Å². The van der Waals surface area contributed by atoms with Gasteiger partial charge in [0, 0.05) is 5.92 Å². The zero-order valence-electron chi connectivity index (χ0n) is 5.56. The molecule has 4 heteroatoms. The van der Waals surface area contributed by atoms with Crippen molar-refractivity contribution in [2.24, 2.45) is 11.7 Å². The maximum absolute atomic E-state index is 7.22. The van der Waals surface area contributed by atoms with Gasteiger partial charge in [0.2, 0.25) is 0 Å². The average molecular weight is 145 g/mol. The molecule has 0 saturated heterocycles. The van der Waals surface area contributed by atoms with E-state index in [0.717, 1.165) is 11.8 Å². The summed E-state index contributed by atoms with van der Waals surface area (Å²) in [4.78, 5) is 0. The second-order valence-electron chi connectivity index (χ2n) is 1.99. The number of hydrogen-bond acceptors (Lipinski definition) is 3. The first kappa shape index (κ1) is 8.49. The Bertz CT molecular complexity index is 130. The lowest BCUT2D eigenvalue weighted by molar-refractivity contribution is 0.895. The fraction of sp³-hybridized carbons (Fsp3) is 0.600. The highest BCUT2D eigenvalue weighted by atomic mass is 32.2. The molecule has 52 valence electrons. The minimum absolute atomic E-state index is 0.00583. The Labute approximate surface area is 59.0 Å². The van der Waals surface area contributed by atoms with Gasteiger partial charge in [0.05, 0.1) is 5.04 Å². The summed E-state index contributed by atoms with van der Waals surface area (Å²) < 4.78 is 0. The second-order valence-corrected chi connectivity index (χ2v) is 3.07. The van der Waals surface area contributed by atoms with Gasteiger partial charge in [0.25, 0.3) is 0 Å². The lowest BCUT2D eigenvalue weighted by atomic mass is 10.2. The molecule has 0 radical (unpaired) electrons. The maximum atomic E-state index is 7.22. The molecule has 0 rings (SSSR count). The van der Waals surface area contributed by atoms with Gasteiger partial charge in [-0.15, -0.1) is 0 Å². The van der Waals surface area contributed by atoms with Gasteiger partial charge in [-0.1, -0.05) is 13.8 Å². The van der Waals surface area contributed by atoms with Crippen molar-refractivity contribution in [3.05, 3.63) is 0 Å². The smallest absolute Gasteiger partial charge is 0.157 e. The van der Waals surface area contributed by atoms with Gasteiger partial charge in [-0.25, -0.2) is 0 Å². The molecule has 0 heterocycles. The van der Waals surface area contributed by atoms with E-state index in [1.54, 1.807) is 0 Å². The molecule has 0 aromatic heterocycles. The summed E-state index contributed by atoms with van der Waals surface area (Å²) in [5.74, 6) is 0.180. The van der Waals surface area contributed by atoms with Gasteiger partial charge in [-0.3, -0.25) is 10.8 Å². The van der Waals surface area contributed by atoms with Crippen LogP contribution in [0.3, 0.4) is 0 Å². The Kier molecular flexibility index (Phi) is 3.30. The van der Waals surface area contributed by atoms with Crippen LogP contribution >= 0.6 is 11.8 Å². The summed E-state index contributed by atoms with van der Waals surface area (Å²) >= 11 is 1.01. The lowest BCUT2D eigenvalue weighted by Gasteiger charge is -2.03. The summed E-state index contributed by atoms with van der Waals surface area (Å²) in [6, 6.07) is 0. The van der Waals surface area contributed by atoms with Crippen molar-refractivity contribution in [2.45, 2.75) is 13.8 Å². The van der Waals surface area contributed by atoms with Gasteiger partial charge in [0.15, 0.2) is 5.17 Å². The molecule has 0 aliphatic heterocycles. The highest BCUT2D eigenvalue weighted by molar-refractivity contribution is 8.26. The molecule has 0 aromatic carbocycles. The molecule has 0 amide bonds. The fourth-order valence-electron chi connectivity index (χ4n) is 0.236. The molecule has 0 spiro atoms. The number of hydrogen-bond donors (Lipinski definition) is 3. The van der Waals surface area contributed by atoms with Crippen molar-refractivity contribution in [1.29, 1.82) is 10.8 Å². The minimum atomic E-state index is -0.00583. The monoisotopic (exact) mass is 145 g/mol. The van der Waals surface area contributed by atoms with E-state index in [2.05, 4.69) is 0 Å². The molecule has 0 unspecified atom stereocenters. The van der Waals surface area contributed by atoms with E-state index < -0.39 is 0 Å². The molecule has 9 heavy (non-hydrogen) atoms. The Morgan fingerprint density at radius 1 is 1.44 bits per heavy atom. The van der Waals surface area contributed by atoms with Crippen molar-refractivity contribution >= 4 is 22.0 Å². The van der Waals surface area contributed by atoms with Crippen LogP contribution in [0, 0.1) is 16.7 Å². The third-order valence-corrected chi connectivity index (χ3v) is 1.66. The van der Waals surface area contributed by atoms with E-state index in [9.17, 15) is 0 Å². The van der Waals surface area contributed by atoms with E-state index in [0.29, 0.717) is 5.04 Å². The summed E-state index contributed by atoms with van der Waals surface area (Å²) in [5, 5.41) is 14.5. The van der Waals surface area contributed by atoms with E-state index >= 15 is 0 Å². The average Bonchev–Trinajstić information content (AvgIpc) is 1.63. The predicted molar refractivity (Wildman–Crippen MR) is 42.1 cm³/mol. The lowest BCUT2D eigenvalue weighted by Crippen LogP contribution is -2.11. The van der Waals surface area contributed by atoms with Crippen molar-refractivity contribution < 1.29 is 0 Å². The van der Waals surface area contributed by atoms with Crippen molar-refractivity contribution in [2.75, 3.05) is 0 Å². The van der Waals surface area contributed by atoms with Crippen molar-refractivity contribution in [3.63, 3.8) is 0 Å². The number of nitrogens with one attached hydrogen (secondary N) is 2. The van der Waals surface area contributed by atoms with Crippen LogP contribution in [0.5, 0.6) is 0 Å². The zero-order chi connectivity index (χ0) is 7.44. The van der Waals surface area contributed by atoms with Crippen LogP contribution in [0.4, 0.5) is 0 Å². The highest BCUT2D eigenvalue weighted by Gasteiger charge is 2.03. The summed E-state index contributed by atoms with van der Waals surface area (Å²) in [6.07, 6.45) is 0. The van der Waals surface area contributed by atoms with Crippen LogP contribution in [0.25, 0.3) is 0 Å². The van der Waals surface area contributed by atoms with Gasteiger partial charge in [-0.2, -0.15) is 0 Å². The van der Waals surface area contributed by atoms with Crippen molar-refractivity contribution in [3.8, 4) is 0 Å². The SMILES string of the molecule is CC(C)C(=N)SC(=N)N. The molecule has 0 fully saturated rings. The quantitative estimate of drug-likeness (QED) is 0.383. The molecule has 0 aliphatic rings. The van der Waals surface area contributed by atoms with Crippen molar-refractivity contribution in [1.82, 2.24) is 0 Å². The van der Waals surface area contributed by atoms with Crippen LogP contribution in [0.2, 0.25) is 0 Å². The van der Waals surface area contributed by atoms with Gasteiger partial charge >= 0.3 is 0 Å². The third-order valence-electron chi connectivity index (χ3n) is 0.744. The normalized spacial score (nSPS) is 9.67. The molecule has 0 aliphatic carbocycles. The van der Waals surface area contributed by atoms with Crippen LogP contribution in [0.15, 0.2) is 0 Å². The molecule has 0 bridgehead atoms. The molecule has 4 N–H and O–H groups in total. The van der Waals surface area contributed by atoms with Gasteiger partial charge < -0.3 is 5.73 Å². The first-order valence-electron chi connectivity index (χ1n) is 2.64. The second kappa shape index (κ2) is 3.50. The Morgan fingerprint density at radius 2 is 1.89 bits per heavy atom. The standard InChI is InChI=1S/C5H11N3S/c1-3(2)4(6)9-5(7)8/h3,6H,1-2H3,(H3,7,8). The molecule has 0 atom stereocenters. The molecular weight excluding hydrogens is 134 g/mol.